The van der Waals surface area contributed by atoms with Crippen molar-refractivity contribution in [1.29, 1.82) is 0 Å². The largest absolute Gasteiger partial charge is 0.409 e. The molecule has 0 saturated carbocycles. The van der Waals surface area contributed by atoms with Crippen molar-refractivity contribution in [3.05, 3.63) is 34.3 Å². The van der Waals surface area contributed by atoms with Crippen LogP contribution in [0.5, 0.6) is 0 Å². The monoisotopic (exact) mass is 299 g/mol. The van der Waals surface area contributed by atoms with Gasteiger partial charge in [0, 0.05) is 16.9 Å². The summed E-state index contributed by atoms with van der Waals surface area (Å²) in [6.07, 6.45) is 1.47. The summed E-state index contributed by atoms with van der Waals surface area (Å²) in [7, 11) is 0. The molecule has 0 bridgehead atoms. The normalized spacial score (nSPS) is 13.6. The van der Waals surface area contributed by atoms with Gasteiger partial charge in [0.2, 0.25) is 0 Å². The van der Waals surface area contributed by atoms with Crippen molar-refractivity contribution < 1.29 is 5.21 Å². The Morgan fingerprint density at radius 3 is 2.71 bits per heavy atom. The lowest BCUT2D eigenvalue weighted by molar-refractivity contribution is 0.316. The first-order valence-electron chi connectivity index (χ1n) is 5.58. The molecular weight excluding hydrogens is 282 g/mol. The molecule has 1 atom stereocenters. The van der Waals surface area contributed by atoms with Crippen LogP contribution < -0.4 is 11.1 Å². The molecule has 17 heavy (non-hydrogen) atoms. The average Bonchev–Trinajstić information content (AvgIpc) is 2.34. The minimum absolute atomic E-state index is 0.281. The summed E-state index contributed by atoms with van der Waals surface area (Å²) in [5.74, 6) is 0.281. The number of oxime groups is 1. The maximum absolute atomic E-state index is 8.39. The highest BCUT2D eigenvalue weighted by Crippen LogP contribution is 2.16. The molecular formula is C12H18BrN3O. The number of hydrogen-bond donors (Lipinski definition) is 3. The summed E-state index contributed by atoms with van der Waals surface area (Å²) in [5.41, 5.74) is 6.63. The Labute approximate surface area is 110 Å². The SMILES string of the molecule is CC(NCCCC(N)=NO)c1ccc(Br)cc1. The fraction of sp³-hybridized carbons (Fsp3) is 0.417. The van der Waals surface area contributed by atoms with Crippen molar-refractivity contribution >= 4 is 21.8 Å². The second-order valence-corrected chi connectivity index (χ2v) is 4.84. The molecule has 0 fully saturated rings. The Morgan fingerprint density at radius 1 is 1.47 bits per heavy atom. The van der Waals surface area contributed by atoms with Crippen LogP contribution in [0.2, 0.25) is 0 Å². The fourth-order valence-electron chi connectivity index (χ4n) is 1.51. The van der Waals surface area contributed by atoms with Gasteiger partial charge < -0.3 is 16.3 Å². The summed E-state index contributed by atoms with van der Waals surface area (Å²) < 4.78 is 1.08. The predicted octanol–water partition coefficient (Wildman–Crippen LogP) is 2.63. The van der Waals surface area contributed by atoms with Crippen molar-refractivity contribution in [2.24, 2.45) is 10.9 Å². The summed E-state index contributed by atoms with van der Waals surface area (Å²) in [4.78, 5) is 0. The molecule has 0 aliphatic carbocycles. The van der Waals surface area contributed by atoms with E-state index in [9.17, 15) is 0 Å². The molecule has 94 valence electrons. The van der Waals surface area contributed by atoms with Crippen LogP contribution in [-0.4, -0.2) is 17.6 Å². The molecule has 0 spiro atoms. The third kappa shape index (κ3) is 5.19. The second kappa shape index (κ2) is 7.29. The number of nitrogens with two attached hydrogens (primary N) is 1. The van der Waals surface area contributed by atoms with Crippen LogP contribution in [0.25, 0.3) is 0 Å². The number of hydrogen-bond acceptors (Lipinski definition) is 3. The zero-order valence-corrected chi connectivity index (χ0v) is 11.4. The molecule has 4 N–H and O–H groups in total. The minimum atomic E-state index is 0.281. The Balaban J connectivity index is 2.30. The third-order valence-corrected chi connectivity index (χ3v) is 3.09. The van der Waals surface area contributed by atoms with E-state index in [-0.39, 0.29) is 5.84 Å². The molecule has 0 aliphatic heterocycles. The highest BCUT2D eigenvalue weighted by atomic mass is 79.9. The lowest BCUT2D eigenvalue weighted by Gasteiger charge is -2.14. The smallest absolute Gasteiger partial charge is 0.139 e. The van der Waals surface area contributed by atoms with E-state index in [1.165, 1.54) is 5.56 Å². The zero-order valence-electron chi connectivity index (χ0n) is 9.86. The highest BCUT2D eigenvalue weighted by Gasteiger charge is 2.03. The van der Waals surface area contributed by atoms with Crippen molar-refractivity contribution in [3.8, 4) is 0 Å². The van der Waals surface area contributed by atoms with Crippen molar-refractivity contribution in [2.45, 2.75) is 25.8 Å². The van der Waals surface area contributed by atoms with Gasteiger partial charge in [0.05, 0.1) is 0 Å². The molecule has 1 rings (SSSR count). The van der Waals surface area contributed by atoms with Crippen LogP contribution in [0.4, 0.5) is 0 Å². The molecule has 4 nitrogen and oxygen atoms in total. The van der Waals surface area contributed by atoms with Crippen LogP contribution in [0, 0.1) is 0 Å². The lowest BCUT2D eigenvalue weighted by Crippen LogP contribution is -2.21. The van der Waals surface area contributed by atoms with E-state index >= 15 is 0 Å². The molecule has 0 amide bonds. The lowest BCUT2D eigenvalue weighted by atomic mass is 10.1. The van der Waals surface area contributed by atoms with Gasteiger partial charge in [-0.2, -0.15) is 0 Å². The number of amidine groups is 1. The summed E-state index contributed by atoms with van der Waals surface area (Å²) in [6.45, 7) is 2.96. The van der Waals surface area contributed by atoms with Gasteiger partial charge in [0.25, 0.3) is 0 Å². The predicted molar refractivity (Wildman–Crippen MR) is 73.2 cm³/mol. The molecule has 0 aromatic heterocycles. The summed E-state index contributed by atoms with van der Waals surface area (Å²) in [5, 5.41) is 14.7. The van der Waals surface area contributed by atoms with Gasteiger partial charge in [-0.25, -0.2) is 0 Å². The molecule has 0 saturated heterocycles. The first-order chi connectivity index (χ1) is 8.13. The molecule has 0 radical (unpaired) electrons. The molecule has 1 unspecified atom stereocenters. The van der Waals surface area contributed by atoms with E-state index in [0.29, 0.717) is 12.5 Å². The van der Waals surface area contributed by atoms with Gasteiger partial charge >= 0.3 is 0 Å². The van der Waals surface area contributed by atoms with Crippen LogP contribution in [0.1, 0.15) is 31.4 Å². The second-order valence-electron chi connectivity index (χ2n) is 3.92. The Morgan fingerprint density at radius 2 is 2.12 bits per heavy atom. The molecule has 5 heteroatoms. The van der Waals surface area contributed by atoms with Crippen LogP contribution in [0.15, 0.2) is 33.9 Å². The van der Waals surface area contributed by atoms with Crippen LogP contribution >= 0.6 is 15.9 Å². The van der Waals surface area contributed by atoms with Gasteiger partial charge in [-0.3, -0.25) is 0 Å². The Bertz CT molecular complexity index is 365. The molecule has 0 heterocycles. The van der Waals surface area contributed by atoms with E-state index in [4.69, 9.17) is 10.9 Å². The number of benzene rings is 1. The van der Waals surface area contributed by atoms with E-state index in [0.717, 1.165) is 17.4 Å². The van der Waals surface area contributed by atoms with Crippen LogP contribution in [-0.2, 0) is 0 Å². The first kappa shape index (κ1) is 14.0. The number of nitrogens with one attached hydrogen (secondary N) is 1. The van der Waals surface area contributed by atoms with E-state index < -0.39 is 0 Å². The average molecular weight is 300 g/mol. The van der Waals surface area contributed by atoms with Gasteiger partial charge in [-0.1, -0.05) is 33.2 Å². The maximum Gasteiger partial charge on any atom is 0.139 e. The van der Waals surface area contributed by atoms with E-state index in [1.807, 2.05) is 12.1 Å². The third-order valence-electron chi connectivity index (χ3n) is 2.56. The van der Waals surface area contributed by atoms with Crippen molar-refractivity contribution in [1.82, 2.24) is 5.32 Å². The van der Waals surface area contributed by atoms with Crippen molar-refractivity contribution in [2.75, 3.05) is 6.54 Å². The quantitative estimate of drug-likeness (QED) is 0.249. The number of halogens is 1. The Hall–Kier alpha value is -1.07. The fourth-order valence-corrected chi connectivity index (χ4v) is 1.77. The highest BCUT2D eigenvalue weighted by molar-refractivity contribution is 9.10. The number of nitrogens with zero attached hydrogens (tertiary/aromatic N) is 1. The minimum Gasteiger partial charge on any atom is -0.409 e. The van der Waals surface area contributed by atoms with E-state index in [2.05, 4.69) is 45.5 Å². The van der Waals surface area contributed by atoms with E-state index in [1.54, 1.807) is 0 Å². The molecule has 0 aliphatic rings. The summed E-state index contributed by atoms with van der Waals surface area (Å²) >= 11 is 3.41. The maximum atomic E-state index is 8.39. The molecule has 1 aromatic carbocycles. The molecule has 1 aromatic rings. The van der Waals surface area contributed by atoms with Crippen molar-refractivity contribution in [3.63, 3.8) is 0 Å². The summed E-state index contributed by atoms with van der Waals surface area (Å²) in [6, 6.07) is 8.54. The van der Waals surface area contributed by atoms with Crippen LogP contribution in [0.3, 0.4) is 0 Å². The van der Waals surface area contributed by atoms with Gasteiger partial charge in [-0.05, 0) is 37.6 Å². The standard InChI is InChI=1S/C12H18BrN3O/c1-9(10-4-6-11(13)7-5-10)15-8-2-3-12(14)16-17/h4-7,9,15,17H,2-3,8H2,1H3,(H2,14,16). The van der Waals surface area contributed by atoms with Gasteiger partial charge in [-0.15, -0.1) is 0 Å². The Kier molecular flexibility index (Phi) is 6.00. The zero-order chi connectivity index (χ0) is 12.7. The van der Waals surface area contributed by atoms with Gasteiger partial charge in [0.15, 0.2) is 0 Å². The number of rotatable bonds is 6. The topological polar surface area (TPSA) is 70.6 Å². The first-order valence-corrected chi connectivity index (χ1v) is 6.38. The van der Waals surface area contributed by atoms with Gasteiger partial charge in [0.1, 0.15) is 5.84 Å².